The average Bonchev–Trinajstić information content (AvgIpc) is 2.42. The number of nitrogens with zero attached hydrogens (tertiary/aromatic N) is 2. The van der Waals surface area contributed by atoms with Gasteiger partial charge in [-0.1, -0.05) is 29.8 Å². The fraction of sp³-hybridized carbons (Fsp3) is 0.143. The fourth-order valence-corrected chi connectivity index (χ4v) is 1.68. The fourth-order valence-electron chi connectivity index (χ4n) is 1.55. The molecule has 0 saturated carbocycles. The Hall–Kier alpha value is -1.87. The number of pyridine rings is 1. The monoisotopic (exact) mass is 259 g/mol. The van der Waals surface area contributed by atoms with Crippen molar-refractivity contribution < 1.29 is 0 Å². The van der Waals surface area contributed by atoms with E-state index in [1.807, 2.05) is 42.5 Å². The number of hydrogen-bond donors (Lipinski definition) is 1. The highest BCUT2D eigenvalue weighted by atomic mass is 35.5. The molecule has 0 spiro atoms. The molecule has 0 aliphatic heterocycles. The van der Waals surface area contributed by atoms with E-state index in [0.717, 1.165) is 11.4 Å². The van der Waals surface area contributed by atoms with Crippen LogP contribution in [0.15, 0.2) is 53.7 Å². The number of halogens is 1. The zero-order chi connectivity index (χ0) is 12.8. The van der Waals surface area contributed by atoms with Crippen molar-refractivity contribution in [1.29, 1.82) is 0 Å². The smallest absolute Gasteiger partial charge is 0.144 e. The van der Waals surface area contributed by atoms with E-state index < -0.39 is 0 Å². The summed E-state index contributed by atoms with van der Waals surface area (Å²) >= 11 is 5.82. The van der Waals surface area contributed by atoms with Crippen molar-refractivity contribution in [3.05, 3.63) is 64.9 Å². The molecule has 0 bridgehead atoms. The molecule has 4 heteroatoms. The van der Waals surface area contributed by atoms with Gasteiger partial charge in [-0.05, 0) is 36.2 Å². The van der Waals surface area contributed by atoms with Crippen LogP contribution < -0.4 is 5.73 Å². The van der Waals surface area contributed by atoms with Gasteiger partial charge >= 0.3 is 0 Å². The van der Waals surface area contributed by atoms with Gasteiger partial charge in [0.05, 0.1) is 0 Å². The van der Waals surface area contributed by atoms with Crippen LogP contribution in [0, 0.1) is 0 Å². The highest BCUT2D eigenvalue weighted by molar-refractivity contribution is 6.30. The minimum atomic E-state index is 0.476. The molecule has 18 heavy (non-hydrogen) atoms. The molecule has 0 radical (unpaired) electrons. The quantitative estimate of drug-likeness (QED) is 0.678. The molecule has 0 aliphatic rings. The summed E-state index contributed by atoms with van der Waals surface area (Å²) in [5.74, 6) is 0.476. The summed E-state index contributed by atoms with van der Waals surface area (Å²) in [5.41, 5.74) is 7.76. The van der Waals surface area contributed by atoms with Crippen molar-refractivity contribution in [3.63, 3.8) is 0 Å². The van der Waals surface area contributed by atoms with Crippen LogP contribution in [0.3, 0.4) is 0 Å². The Morgan fingerprint density at radius 2 is 1.94 bits per heavy atom. The Labute approximate surface area is 111 Å². The molecule has 0 atom stereocenters. The molecular weight excluding hydrogens is 246 g/mol. The zero-order valence-corrected chi connectivity index (χ0v) is 10.6. The van der Waals surface area contributed by atoms with Crippen LogP contribution >= 0.6 is 11.6 Å². The Balaban J connectivity index is 1.93. The Morgan fingerprint density at radius 3 is 2.61 bits per heavy atom. The second-order valence-electron chi connectivity index (χ2n) is 3.86. The first kappa shape index (κ1) is 12.6. The normalized spacial score (nSPS) is 11.5. The maximum absolute atomic E-state index is 5.85. The van der Waals surface area contributed by atoms with Gasteiger partial charge in [-0.25, -0.2) is 0 Å². The molecule has 0 unspecified atom stereocenters. The molecule has 2 aromatic rings. The van der Waals surface area contributed by atoms with Crippen molar-refractivity contribution >= 4 is 17.4 Å². The third-order valence-electron chi connectivity index (χ3n) is 2.52. The van der Waals surface area contributed by atoms with E-state index in [4.69, 9.17) is 17.3 Å². The van der Waals surface area contributed by atoms with Gasteiger partial charge in [0, 0.05) is 17.8 Å². The maximum Gasteiger partial charge on any atom is 0.144 e. The first-order valence-electron chi connectivity index (χ1n) is 5.71. The van der Waals surface area contributed by atoms with Gasteiger partial charge < -0.3 is 5.73 Å². The van der Waals surface area contributed by atoms with Gasteiger partial charge in [0.15, 0.2) is 0 Å². The lowest BCUT2D eigenvalue weighted by Crippen LogP contribution is -2.15. The molecule has 1 aromatic carbocycles. The summed E-state index contributed by atoms with van der Waals surface area (Å²) in [6.45, 7) is 0.643. The van der Waals surface area contributed by atoms with Gasteiger partial charge in [0.2, 0.25) is 0 Å². The van der Waals surface area contributed by atoms with Crippen LogP contribution in [0.25, 0.3) is 0 Å². The van der Waals surface area contributed by atoms with E-state index in [9.17, 15) is 0 Å². The third kappa shape index (κ3) is 3.57. The molecule has 2 N–H and O–H groups in total. The lowest BCUT2D eigenvalue weighted by molar-refractivity contribution is 0.964. The molecule has 3 nitrogen and oxygen atoms in total. The van der Waals surface area contributed by atoms with E-state index in [1.54, 1.807) is 6.20 Å². The minimum Gasteiger partial charge on any atom is -0.382 e. The third-order valence-corrected chi connectivity index (χ3v) is 2.78. The van der Waals surface area contributed by atoms with Crippen LogP contribution in [-0.4, -0.2) is 17.4 Å². The van der Waals surface area contributed by atoms with Gasteiger partial charge in [0.1, 0.15) is 11.5 Å². The molecule has 1 aromatic heterocycles. The van der Waals surface area contributed by atoms with Gasteiger partial charge in [0.25, 0.3) is 0 Å². The van der Waals surface area contributed by atoms with Crippen LogP contribution in [0.5, 0.6) is 0 Å². The predicted molar refractivity (Wildman–Crippen MR) is 75.0 cm³/mol. The second kappa shape index (κ2) is 6.17. The SMILES string of the molecule is N/C(=N\CCc1ccc(Cl)cc1)c1ccccn1. The van der Waals surface area contributed by atoms with E-state index in [0.29, 0.717) is 18.1 Å². The Kier molecular flexibility index (Phi) is 4.31. The average molecular weight is 260 g/mol. The summed E-state index contributed by atoms with van der Waals surface area (Å²) in [4.78, 5) is 8.45. The Morgan fingerprint density at radius 1 is 1.17 bits per heavy atom. The molecule has 2 rings (SSSR count). The van der Waals surface area contributed by atoms with E-state index >= 15 is 0 Å². The molecule has 0 fully saturated rings. The maximum atomic E-state index is 5.85. The summed E-state index contributed by atoms with van der Waals surface area (Å²) in [7, 11) is 0. The molecule has 0 amide bonds. The lowest BCUT2D eigenvalue weighted by Gasteiger charge is -2.01. The van der Waals surface area contributed by atoms with Crippen molar-refractivity contribution in [2.45, 2.75) is 6.42 Å². The summed E-state index contributed by atoms with van der Waals surface area (Å²) in [6.07, 6.45) is 2.54. The van der Waals surface area contributed by atoms with Crippen molar-refractivity contribution in [1.82, 2.24) is 4.98 Å². The van der Waals surface area contributed by atoms with Crippen molar-refractivity contribution in [3.8, 4) is 0 Å². The summed E-state index contributed by atoms with van der Waals surface area (Å²) in [5, 5.41) is 0.746. The number of nitrogens with two attached hydrogens (primary N) is 1. The van der Waals surface area contributed by atoms with Crippen molar-refractivity contribution in [2.24, 2.45) is 10.7 Å². The molecule has 0 saturated heterocycles. The van der Waals surface area contributed by atoms with Gasteiger partial charge in [-0.2, -0.15) is 0 Å². The summed E-state index contributed by atoms with van der Waals surface area (Å²) < 4.78 is 0. The van der Waals surface area contributed by atoms with E-state index in [-0.39, 0.29) is 0 Å². The minimum absolute atomic E-state index is 0.476. The van der Waals surface area contributed by atoms with Crippen LogP contribution in [0.1, 0.15) is 11.3 Å². The highest BCUT2D eigenvalue weighted by Crippen LogP contribution is 2.09. The topological polar surface area (TPSA) is 51.3 Å². The standard InChI is InChI=1S/C14H14ClN3/c15-12-6-4-11(5-7-12)8-10-18-14(16)13-3-1-2-9-17-13/h1-7,9H,8,10H2,(H2,16,18). The summed E-state index contributed by atoms with van der Waals surface area (Å²) in [6, 6.07) is 13.3. The number of amidine groups is 1. The highest BCUT2D eigenvalue weighted by Gasteiger charge is 1.98. The first-order chi connectivity index (χ1) is 8.75. The van der Waals surface area contributed by atoms with E-state index in [1.165, 1.54) is 5.56 Å². The molecular formula is C14H14ClN3. The lowest BCUT2D eigenvalue weighted by atomic mass is 10.1. The second-order valence-corrected chi connectivity index (χ2v) is 4.29. The number of aliphatic imine (C=N–C) groups is 1. The Bertz CT molecular complexity index is 520. The number of aromatic nitrogens is 1. The van der Waals surface area contributed by atoms with E-state index in [2.05, 4.69) is 9.98 Å². The van der Waals surface area contributed by atoms with Gasteiger partial charge in [-0.3, -0.25) is 9.98 Å². The zero-order valence-electron chi connectivity index (χ0n) is 9.88. The largest absolute Gasteiger partial charge is 0.382 e. The predicted octanol–water partition coefficient (Wildman–Crippen LogP) is 2.68. The van der Waals surface area contributed by atoms with Crippen LogP contribution in [-0.2, 0) is 6.42 Å². The van der Waals surface area contributed by atoms with Crippen LogP contribution in [0.4, 0.5) is 0 Å². The van der Waals surface area contributed by atoms with Crippen LogP contribution in [0.2, 0.25) is 5.02 Å². The number of rotatable bonds is 4. The first-order valence-corrected chi connectivity index (χ1v) is 6.09. The molecule has 92 valence electrons. The van der Waals surface area contributed by atoms with Crippen molar-refractivity contribution in [2.75, 3.05) is 6.54 Å². The molecule has 1 heterocycles. The number of hydrogen-bond acceptors (Lipinski definition) is 2. The number of benzene rings is 1. The molecule has 0 aliphatic carbocycles. The van der Waals surface area contributed by atoms with Gasteiger partial charge in [-0.15, -0.1) is 0 Å².